The fourth-order valence-corrected chi connectivity index (χ4v) is 11.1. The van der Waals surface area contributed by atoms with Gasteiger partial charge in [0.05, 0.1) is 0 Å². The number of pyridine rings is 2. The topological polar surface area (TPSA) is 168 Å². The van der Waals surface area contributed by atoms with E-state index < -0.39 is 23.8 Å². The molecule has 67 heavy (non-hydrogen) atoms. The predicted octanol–water partition coefficient (Wildman–Crippen LogP) is 6.90. The van der Waals surface area contributed by atoms with Crippen molar-refractivity contribution in [3.05, 3.63) is 107 Å². The second-order valence-electron chi connectivity index (χ2n) is 19.3. The van der Waals surface area contributed by atoms with E-state index in [0.717, 1.165) is 127 Å². The van der Waals surface area contributed by atoms with Crippen molar-refractivity contribution in [3.8, 4) is 22.3 Å². The van der Waals surface area contributed by atoms with E-state index in [1.807, 2.05) is 64.4 Å². The van der Waals surface area contributed by atoms with Crippen LogP contribution in [0.1, 0.15) is 131 Å². The highest BCUT2D eigenvalue weighted by Gasteiger charge is 2.36. The third-order valence-corrected chi connectivity index (χ3v) is 14.7. The number of carboxylic acids is 1. The zero-order chi connectivity index (χ0) is 46.3. The van der Waals surface area contributed by atoms with Crippen molar-refractivity contribution in [2.75, 3.05) is 52.4 Å². The number of nitrogens with zero attached hydrogens (tertiary/aromatic N) is 6. The highest BCUT2D eigenvalue weighted by atomic mass is 16.4. The maximum absolute atomic E-state index is 14.7. The van der Waals surface area contributed by atoms with Gasteiger partial charge in [-0.1, -0.05) is 67.8 Å². The van der Waals surface area contributed by atoms with Crippen molar-refractivity contribution in [2.45, 2.75) is 108 Å². The van der Waals surface area contributed by atoms with Crippen molar-refractivity contribution in [1.29, 1.82) is 0 Å². The largest absolute Gasteiger partial charge is 0.480 e. The number of hydrogen-bond acceptors (Lipinski definition) is 9. The van der Waals surface area contributed by atoms with E-state index in [1.54, 1.807) is 18.2 Å². The van der Waals surface area contributed by atoms with Crippen molar-refractivity contribution in [1.82, 2.24) is 40.2 Å². The van der Waals surface area contributed by atoms with Crippen LogP contribution in [-0.4, -0.2) is 135 Å². The van der Waals surface area contributed by atoms with Crippen LogP contribution < -0.4 is 10.6 Å². The van der Waals surface area contributed by atoms with Crippen LogP contribution in [0.4, 0.5) is 0 Å². The molecule has 5 fully saturated rings. The molecule has 3 atom stereocenters. The van der Waals surface area contributed by atoms with Gasteiger partial charge in [-0.25, -0.2) is 14.8 Å². The quantitative estimate of drug-likeness (QED) is 0.114. The molecular weight excluding hydrogens is 845 g/mol. The number of hydrogen-bond donors (Lipinski definition) is 3. The maximum Gasteiger partial charge on any atom is 0.326 e. The normalized spacial score (nSPS) is 20.8. The number of carbonyl (C=O) groups is 5. The molecule has 4 aliphatic heterocycles. The molecule has 1 saturated carbocycles. The lowest BCUT2D eigenvalue weighted by Gasteiger charge is -2.29. The molecule has 3 N–H and O–H groups in total. The molecule has 1 aliphatic carbocycles. The monoisotopic (exact) mass is 908 g/mol. The van der Waals surface area contributed by atoms with Crippen molar-refractivity contribution in [2.24, 2.45) is 5.92 Å². The first-order valence-electron chi connectivity index (χ1n) is 24.7. The van der Waals surface area contributed by atoms with Crippen molar-refractivity contribution in [3.63, 3.8) is 0 Å². The van der Waals surface area contributed by atoms with Crippen LogP contribution in [0.15, 0.2) is 78.9 Å². The number of carbonyl (C=O) groups excluding carboxylic acids is 4. The van der Waals surface area contributed by atoms with Crippen LogP contribution in [0.2, 0.25) is 0 Å². The van der Waals surface area contributed by atoms with Crippen molar-refractivity contribution < 1.29 is 29.1 Å². The molecule has 5 aliphatic rings. The van der Waals surface area contributed by atoms with Gasteiger partial charge in [0.1, 0.15) is 28.8 Å². The number of aliphatic carboxylic acids is 1. The van der Waals surface area contributed by atoms with E-state index >= 15 is 0 Å². The summed E-state index contributed by atoms with van der Waals surface area (Å²) in [5.41, 5.74) is 3.78. The second-order valence-corrected chi connectivity index (χ2v) is 19.3. The molecule has 2 aromatic carbocycles. The summed E-state index contributed by atoms with van der Waals surface area (Å²) in [4.78, 5) is 88.6. The van der Waals surface area contributed by atoms with E-state index in [4.69, 9.17) is 4.98 Å². The van der Waals surface area contributed by atoms with Crippen LogP contribution >= 0.6 is 0 Å². The number of nitrogens with one attached hydrogen (secondary N) is 2. The van der Waals surface area contributed by atoms with Gasteiger partial charge in [0, 0.05) is 44.8 Å². The van der Waals surface area contributed by atoms with Gasteiger partial charge in [-0.15, -0.1) is 0 Å². The Morgan fingerprint density at radius 1 is 0.537 bits per heavy atom. The molecule has 4 saturated heterocycles. The summed E-state index contributed by atoms with van der Waals surface area (Å²) < 4.78 is 0. The molecule has 0 radical (unpaired) electrons. The summed E-state index contributed by atoms with van der Waals surface area (Å²) in [7, 11) is 0. The SMILES string of the molecule is O=C(NCc1cccc(-c2ccccc2)c1)c1cc(-c2cc(C(=O)N[C@H](C(=O)O)C3CCCCC3)nc(C(=O)N3CCC[C@H]3CN3CCCC3)c2)cc(C(=O)N2CCC[C@H]2CN2CCCC2)n1. The number of likely N-dealkylation sites (tertiary alicyclic amines) is 4. The van der Waals surface area contributed by atoms with Crippen molar-refractivity contribution >= 4 is 29.6 Å². The zero-order valence-electron chi connectivity index (χ0n) is 38.5. The van der Waals surface area contributed by atoms with Gasteiger partial charge in [0.15, 0.2) is 0 Å². The minimum atomic E-state index is -1.12. The van der Waals surface area contributed by atoms with Gasteiger partial charge in [-0.2, -0.15) is 0 Å². The zero-order valence-corrected chi connectivity index (χ0v) is 38.5. The Balaban J connectivity index is 1.07. The summed E-state index contributed by atoms with van der Waals surface area (Å²) in [6, 6.07) is 23.2. The smallest absolute Gasteiger partial charge is 0.326 e. The summed E-state index contributed by atoms with van der Waals surface area (Å²) in [5.74, 6) is -3.13. The van der Waals surface area contributed by atoms with E-state index in [9.17, 15) is 29.1 Å². The van der Waals surface area contributed by atoms with Gasteiger partial charge in [-0.3, -0.25) is 19.2 Å². The van der Waals surface area contributed by atoms with Crippen LogP contribution in [0.5, 0.6) is 0 Å². The van der Waals surface area contributed by atoms with Gasteiger partial charge in [0.25, 0.3) is 23.6 Å². The Hall–Kier alpha value is -5.99. The Kier molecular flexibility index (Phi) is 14.7. The van der Waals surface area contributed by atoms with Gasteiger partial charge < -0.3 is 35.3 Å². The minimum absolute atomic E-state index is 0.00554. The predicted molar refractivity (Wildman–Crippen MR) is 255 cm³/mol. The molecule has 4 amide bonds. The summed E-state index contributed by atoms with van der Waals surface area (Å²) in [6.45, 7) is 6.88. The number of carboxylic acid groups (broad SMARTS) is 1. The van der Waals surface area contributed by atoms with Crippen LogP contribution in [0.3, 0.4) is 0 Å². The molecule has 14 nitrogen and oxygen atoms in total. The molecule has 352 valence electrons. The standard InChI is InChI=1S/C53H64N8O6/c62-49(54-33-36-14-11-19-39(28-36)37-15-3-1-4-16-37)44-29-40(31-46(55-44)51(64)60-26-12-20-42(60)34-58-22-7-8-23-58)41-30-45(50(63)57-48(53(66)67)38-17-5-2-6-18-38)56-47(32-41)52(65)61-27-13-21-43(61)35-59-24-9-10-25-59/h1,3-4,11,14-16,19,28-32,38,42-43,48H,2,5-10,12-13,17-18,20-27,33-35H2,(H,54,62)(H,57,63)(H,66,67)/t42-,43-,48-/m0/s1. The Labute approximate surface area is 393 Å². The first kappa shape index (κ1) is 46.1. The Morgan fingerprint density at radius 2 is 1.06 bits per heavy atom. The van der Waals surface area contributed by atoms with Gasteiger partial charge in [0.2, 0.25) is 0 Å². The number of amides is 4. The molecule has 6 heterocycles. The number of rotatable bonds is 15. The lowest BCUT2D eigenvalue weighted by atomic mass is 9.84. The minimum Gasteiger partial charge on any atom is -0.480 e. The number of benzene rings is 2. The Morgan fingerprint density at radius 3 is 1.61 bits per heavy atom. The molecule has 2 aromatic heterocycles. The molecule has 9 rings (SSSR count). The number of aromatic nitrogens is 2. The second kappa shape index (κ2) is 21.3. The van der Waals surface area contributed by atoms with E-state index in [2.05, 4.69) is 25.4 Å². The van der Waals surface area contributed by atoms with Crippen LogP contribution in [-0.2, 0) is 11.3 Å². The third-order valence-electron chi connectivity index (χ3n) is 14.7. The molecular formula is C53H64N8O6. The van der Waals surface area contributed by atoms with Crippen LogP contribution in [0, 0.1) is 5.92 Å². The molecule has 0 bridgehead atoms. The summed E-state index contributed by atoms with van der Waals surface area (Å²) in [6.07, 6.45) is 12.2. The molecule has 0 spiro atoms. The fourth-order valence-electron chi connectivity index (χ4n) is 11.1. The maximum atomic E-state index is 14.7. The Bertz CT molecular complexity index is 2430. The lowest BCUT2D eigenvalue weighted by molar-refractivity contribution is -0.141. The van der Waals surface area contributed by atoms with E-state index in [0.29, 0.717) is 37.1 Å². The fraction of sp³-hybridized carbons (Fsp3) is 0.491. The highest BCUT2D eigenvalue weighted by molar-refractivity contribution is 6.01. The van der Waals surface area contributed by atoms with Crippen LogP contribution in [0.25, 0.3) is 22.3 Å². The van der Waals surface area contributed by atoms with Gasteiger partial charge in [-0.05, 0) is 154 Å². The van der Waals surface area contributed by atoms with E-state index in [1.165, 1.54) is 6.07 Å². The van der Waals surface area contributed by atoms with Gasteiger partial charge >= 0.3 is 5.97 Å². The average molecular weight is 909 g/mol. The third kappa shape index (κ3) is 11.1. The first-order chi connectivity index (χ1) is 32.7. The van der Waals surface area contributed by atoms with E-state index in [-0.39, 0.29) is 59.1 Å². The molecule has 14 heteroatoms. The lowest BCUT2D eigenvalue weighted by Crippen LogP contribution is -2.47. The highest BCUT2D eigenvalue weighted by Crippen LogP contribution is 2.31. The molecule has 4 aromatic rings. The summed E-state index contributed by atoms with van der Waals surface area (Å²) >= 11 is 0. The summed E-state index contributed by atoms with van der Waals surface area (Å²) in [5, 5.41) is 16.1. The average Bonchev–Trinajstić information content (AvgIpc) is 4.23. The molecule has 0 unspecified atom stereocenters. The first-order valence-corrected chi connectivity index (χ1v) is 24.7.